The molecule has 4 rings (SSSR count). The van der Waals surface area contributed by atoms with E-state index in [4.69, 9.17) is 11.6 Å². The molecule has 3 aromatic carbocycles. The van der Waals surface area contributed by atoms with Gasteiger partial charge in [0.15, 0.2) is 0 Å². The third kappa shape index (κ3) is 3.30. The van der Waals surface area contributed by atoms with Crippen LogP contribution < -0.4 is 0 Å². The van der Waals surface area contributed by atoms with Crippen LogP contribution >= 0.6 is 23.4 Å². The molecule has 0 radical (unpaired) electrons. The van der Waals surface area contributed by atoms with Gasteiger partial charge in [0.2, 0.25) is 0 Å². The maximum Gasteiger partial charge on any atom is 0.128 e. The Morgan fingerprint density at radius 2 is 1.54 bits per heavy atom. The van der Waals surface area contributed by atoms with Crippen molar-refractivity contribution in [3.63, 3.8) is 0 Å². The number of fused-ring (bicyclic) bond motifs is 1. The molecule has 0 saturated carbocycles. The van der Waals surface area contributed by atoms with Gasteiger partial charge in [-0.25, -0.2) is 4.39 Å². The molecule has 128 valence electrons. The van der Waals surface area contributed by atoms with Crippen molar-refractivity contribution in [2.24, 2.45) is 0 Å². The maximum atomic E-state index is 14.0. The van der Waals surface area contributed by atoms with Gasteiger partial charge < -0.3 is 0 Å². The SMILES string of the molecule is Fc1cccc(Cl)c1CSc1nnc(-c2ccccc2)c2ccccc12. The number of thioether (sulfide) groups is 1. The number of hydrogen-bond acceptors (Lipinski definition) is 3. The van der Waals surface area contributed by atoms with Crippen molar-refractivity contribution in [2.75, 3.05) is 0 Å². The number of benzene rings is 3. The number of aromatic nitrogens is 2. The first kappa shape index (κ1) is 17.0. The molecule has 0 aliphatic heterocycles. The lowest BCUT2D eigenvalue weighted by Gasteiger charge is -2.10. The minimum absolute atomic E-state index is 0.303. The fraction of sp³-hybridized carbons (Fsp3) is 0.0476. The Morgan fingerprint density at radius 1 is 0.808 bits per heavy atom. The van der Waals surface area contributed by atoms with Crippen LogP contribution in [0.3, 0.4) is 0 Å². The van der Waals surface area contributed by atoms with E-state index in [9.17, 15) is 4.39 Å². The van der Waals surface area contributed by atoms with Crippen molar-refractivity contribution in [3.8, 4) is 11.3 Å². The molecule has 0 aliphatic rings. The minimum Gasteiger partial charge on any atom is -0.207 e. The van der Waals surface area contributed by atoms with E-state index in [-0.39, 0.29) is 5.82 Å². The molecule has 5 heteroatoms. The molecule has 0 spiro atoms. The monoisotopic (exact) mass is 380 g/mol. The summed E-state index contributed by atoms with van der Waals surface area (Å²) in [5, 5.41) is 12.1. The van der Waals surface area contributed by atoms with Gasteiger partial charge in [-0.2, -0.15) is 0 Å². The largest absolute Gasteiger partial charge is 0.207 e. The van der Waals surface area contributed by atoms with E-state index in [2.05, 4.69) is 10.2 Å². The quantitative estimate of drug-likeness (QED) is 0.384. The van der Waals surface area contributed by atoms with Crippen molar-refractivity contribution in [2.45, 2.75) is 10.8 Å². The lowest BCUT2D eigenvalue weighted by molar-refractivity contribution is 0.617. The van der Waals surface area contributed by atoms with E-state index in [1.54, 1.807) is 12.1 Å². The predicted molar refractivity (Wildman–Crippen MR) is 106 cm³/mol. The second kappa shape index (κ2) is 7.44. The molecule has 0 amide bonds. The summed E-state index contributed by atoms with van der Waals surface area (Å²) in [6.07, 6.45) is 0. The zero-order valence-electron chi connectivity index (χ0n) is 13.7. The normalized spacial score (nSPS) is 11.0. The van der Waals surface area contributed by atoms with Crippen LogP contribution in [0.4, 0.5) is 4.39 Å². The summed E-state index contributed by atoms with van der Waals surface area (Å²) in [6, 6.07) is 22.7. The van der Waals surface area contributed by atoms with Crippen molar-refractivity contribution < 1.29 is 4.39 Å². The summed E-state index contributed by atoms with van der Waals surface area (Å²) in [5.74, 6) is 0.0951. The number of rotatable bonds is 4. The average molecular weight is 381 g/mol. The Morgan fingerprint density at radius 3 is 2.31 bits per heavy atom. The van der Waals surface area contributed by atoms with Gasteiger partial charge in [0.25, 0.3) is 0 Å². The van der Waals surface area contributed by atoms with Gasteiger partial charge >= 0.3 is 0 Å². The van der Waals surface area contributed by atoms with Crippen LogP contribution in [0.15, 0.2) is 77.8 Å². The summed E-state index contributed by atoms with van der Waals surface area (Å²) >= 11 is 7.57. The highest BCUT2D eigenvalue weighted by Gasteiger charge is 2.13. The summed E-state index contributed by atoms with van der Waals surface area (Å²) in [6.45, 7) is 0. The highest BCUT2D eigenvalue weighted by molar-refractivity contribution is 7.98. The van der Waals surface area contributed by atoms with E-state index in [0.717, 1.165) is 27.1 Å². The van der Waals surface area contributed by atoms with Gasteiger partial charge in [0, 0.05) is 32.7 Å². The van der Waals surface area contributed by atoms with Crippen molar-refractivity contribution in [3.05, 3.63) is 89.2 Å². The summed E-state index contributed by atoms with van der Waals surface area (Å²) < 4.78 is 14.0. The number of hydrogen-bond donors (Lipinski definition) is 0. The Hall–Kier alpha value is -2.43. The zero-order valence-corrected chi connectivity index (χ0v) is 15.3. The maximum absolute atomic E-state index is 14.0. The van der Waals surface area contributed by atoms with Crippen LogP contribution in [0.1, 0.15) is 5.56 Å². The first-order chi connectivity index (χ1) is 12.7. The third-order valence-corrected chi connectivity index (χ3v) is 5.48. The lowest BCUT2D eigenvalue weighted by Crippen LogP contribution is -1.95. The van der Waals surface area contributed by atoms with Crippen molar-refractivity contribution in [1.82, 2.24) is 10.2 Å². The molecule has 0 unspecified atom stereocenters. The van der Waals surface area contributed by atoms with Crippen LogP contribution in [0, 0.1) is 5.82 Å². The summed E-state index contributed by atoms with van der Waals surface area (Å²) in [4.78, 5) is 0. The molecular formula is C21H14ClFN2S. The summed E-state index contributed by atoms with van der Waals surface area (Å²) in [7, 11) is 0. The van der Waals surface area contributed by atoms with Crippen LogP contribution in [0.25, 0.3) is 22.0 Å². The van der Waals surface area contributed by atoms with Crippen molar-refractivity contribution in [1.29, 1.82) is 0 Å². The molecule has 0 aliphatic carbocycles. The van der Waals surface area contributed by atoms with Gasteiger partial charge in [-0.3, -0.25) is 0 Å². The highest BCUT2D eigenvalue weighted by Crippen LogP contribution is 2.34. The number of halogens is 2. The van der Waals surface area contributed by atoms with Gasteiger partial charge in [0.1, 0.15) is 16.5 Å². The Labute approximate surface area is 160 Å². The Balaban J connectivity index is 1.73. The molecule has 2 nitrogen and oxygen atoms in total. The molecule has 0 atom stereocenters. The first-order valence-electron chi connectivity index (χ1n) is 8.10. The Kier molecular flexibility index (Phi) is 4.87. The first-order valence-corrected chi connectivity index (χ1v) is 9.47. The van der Waals surface area contributed by atoms with Crippen LogP contribution in [0.5, 0.6) is 0 Å². The second-order valence-electron chi connectivity index (χ2n) is 5.75. The molecule has 0 fully saturated rings. The molecule has 1 aromatic heterocycles. The molecule has 0 N–H and O–H groups in total. The second-order valence-corrected chi connectivity index (χ2v) is 7.13. The molecule has 26 heavy (non-hydrogen) atoms. The average Bonchev–Trinajstić information content (AvgIpc) is 2.68. The van der Waals surface area contributed by atoms with Crippen molar-refractivity contribution >= 4 is 34.1 Å². The highest BCUT2D eigenvalue weighted by atomic mass is 35.5. The topological polar surface area (TPSA) is 25.8 Å². The molecule has 1 heterocycles. The molecule has 0 bridgehead atoms. The van der Waals surface area contributed by atoms with Crippen LogP contribution in [0.2, 0.25) is 5.02 Å². The van der Waals surface area contributed by atoms with E-state index in [1.807, 2.05) is 54.6 Å². The summed E-state index contributed by atoms with van der Waals surface area (Å²) in [5.41, 5.74) is 2.34. The third-order valence-electron chi connectivity index (χ3n) is 4.12. The smallest absolute Gasteiger partial charge is 0.128 e. The van der Waals surface area contributed by atoms with Gasteiger partial charge in [-0.1, -0.05) is 84.0 Å². The van der Waals surface area contributed by atoms with E-state index in [0.29, 0.717) is 16.3 Å². The van der Waals surface area contributed by atoms with Gasteiger partial charge in [-0.05, 0) is 12.1 Å². The number of nitrogens with zero attached hydrogens (tertiary/aromatic N) is 2. The minimum atomic E-state index is -0.303. The molecule has 4 aromatic rings. The fourth-order valence-electron chi connectivity index (χ4n) is 2.81. The van der Waals surface area contributed by atoms with Gasteiger partial charge in [-0.15, -0.1) is 10.2 Å². The van der Waals surface area contributed by atoms with Crippen LogP contribution in [-0.2, 0) is 5.75 Å². The standard InChI is InChI=1S/C21H14ClFN2S/c22-18-11-6-12-19(23)17(18)13-26-21-16-10-5-4-9-15(16)20(24-25-21)14-7-2-1-3-8-14/h1-12H,13H2. The Bertz CT molecular complexity index is 1050. The fourth-order valence-corrected chi connectivity index (χ4v) is 4.12. The molecule has 0 saturated heterocycles. The van der Waals surface area contributed by atoms with E-state index >= 15 is 0 Å². The van der Waals surface area contributed by atoms with E-state index in [1.165, 1.54) is 17.8 Å². The van der Waals surface area contributed by atoms with E-state index < -0.39 is 0 Å². The molecular weight excluding hydrogens is 367 g/mol. The lowest BCUT2D eigenvalue weighted by atomic mass is 10.1. The zero-order chi connectivity index (χ0) is 17.9. The van der Waals surface area contributed by atoms with Crippen LogP contribution in [-0.4, -0.2) is 10.2 Å². The predicted octanol–water partition coefficient (Wildman–Crippen LogP) is 6.38. The van der Waals surface area contributed by atoms with Gasteiger partial charge in [0.05, 0.1) is 0 Å².